The minimum atomic E-state index is 0.767. The van der Waals surface area contributed by atoms with Crippen LogP contribution in [-0.4, -0.2) is 38.7 Å². The zero-order valence-corrected chi connectivity index (χ0v) is 5.36. The fourth-order valence-corrected chi connectivity index (χ4v) is 0.335. The highest BCUT2D eigenvalue weighted by Crippen LogP contribution is 1.83. The van der Waals surface area contributed by atoms with Gasteiger partial charge in [-0.3, -0.25) is 0 Å². The van der Waals surface area contributed by atoms with Crippen LogP contribution in [0.15, 0.2) is 0 Å². The van der Waals surface area contributed by atoms with Crippen molar-refractivity contribution in [2.24, 2.45) is 5.73 Å². The summed E-state index contributed by atoms with van der Waals surface area (Å²) in [6.45, 7) is 1.77. The van der Waals surface area contributed by atoms with E-state index in [0.29, 0.717) is 0 Å². The summed E-state index contributed by atoms with van der Waals surface area (Å²) in [5, 5.41) is 0. The smallest absolute Gasteiger partial charge is 0.119 e. The lowest BCUT2D eigenvalue weighted by Gasteiger charge is -2.22. The molecule has 0 rings (SSSR count). The van der Waals surface area contributed by atoms with E-state index in [1.165, 1.54) is 0 Å². The Morgan fingerprint density at radius 3 is 2.29 bits per heavy atom. The SMILES string of the molecule is [2H]NCC[N+](C)(C)C. The molecule has 0 saturated carbocycles. The maximum absolute atomic E-state index is 6.62. The molecule has 0 aliphatic rings. The van der Waals surface area contributed by atoms with Crippen molar-refractivity contribution in [3.63, 3.8) is 0 Å². The average molecular weight is 104 g/mol. The number of nitrogens with two attached hydrogens (primary N) is 1. The van der Waals surface area contributed by atoms with E-state index in [4.69, 9.17) is 1.41 Å². The van der Waals surface area contributed by atoms with Crippen LogP contribution in [0.3, 0.4) is 0 Å². The summed E-state index contributed by atoms with van der Waals surface area (Å²) in [4.78, 5) is 0. The highest BCUT2D eigenvalue weighted by Gasteiger charge is 2.01. The minimum Gasteiger partial charge on any atom is -0.330 e. The molecule has 2 heteroatoms. The van der Waals surface area contributed by atoms with Crippen molar-refractivity contribution in [1.82, 2.24) is 0 Å². The van der Waals surface area contributed by atoms with E-state index in [2.05, 4.69) is 26.9 Å². The summed E-state index contributed by atoms with van der Waals surface area (Å²) < 4.78 is 7.55. The monoisotopic (exact) mass is 104 g/mol. The van der Waals surface area contributed by atoms with Crippen molar-refractivity contribution in [3.8, 4) is 0 Å². The van der Waals surface area contributed by atoms with Gasteiger partial charge in [-0.25, -0.2) is 0 Å². The van der Waals surface area contributed by atoms with Crippen LogP contribution in [0.25, 0.3) is 0 Å². The maximum Gasteiger partial charge on any atom is 0.119 e. The fourth-order valence-electron chi connectivity index (χ4n) is 0.335. The van der Waals surface area contributed by atoms with Gasteiger partial charge in [0.2, 0.25) is 0 Å². The molecule has 0 aromatic heterocycles. The molecule has 0 saturated heterocycles. The number of hydrogen-bond acceptors (Lipinski definition) is 1. The predicted octanol–water partition coefficient (Wildman–Crippen LogP) is -0.349. The van der Waals surface area contributed by atoms with Gasteiger partial charge in [-0.1, -0.05) is 0 Å². The molecule has 2 N–H and O–H groups in total. The third kappa shape index (κ3) is 5.92. The van der Waals surface area contributed by atoms with Crippen LogP contribution in [0.4, 0.5) is 0 Å². The lowest BCUT2D eigenvalue weighted by molar-refractivity contribution is -0.868. The molecule has 0 spiro atoms. The number of hydrogen-bond donors (Lipinski definition) is 1. The van der Waals surface area contributed by atoms with Gasteiger partial charge in [-0.2, -0.15) is 0 Å². The molecule has 0 aliphatic heterocycles. The molecule has 0 heterocycles. The van der Waals surface area contributed by atoms with Gasteiger partial charge in [0, 0.05) is 6.54 Å². The highest BCUT2D eigenvalue weighted by atomic mass is 15.3. The third-order valence-corrected chi connectivity index (χ3v) is 0.783. The molecule has 7 heavy (non-hydrogen) atoms. The van der Waals surface area contributed by atoms with Crippen molar-refractivity contribution >= 4 is 0 Å². The van der Waals surface area contributed by atoms with E-state index in [0.717, 1.165) is 17.6 Å². The van der Waals surface area contributed by atoms with Crippen LogP contribution in [-0.2, 0) is 0 Å². The van der Waals surface area contributed by atoms with Crippen molar-refractivity contribution in [3.05, 3.63) is 0 Å². The van der Waals surface area contributed by atoms with Crippen LogP contribution < -0.4 is 5.73 Å². The number of rotatable bonds is 3. The second-order valence-electron chi connectivity index (χ2n) is 2.76. The molecule has 2 nitrogen and oxygen atoms in total. The normalized spacial score (nSPS) is 13.9. The Kier molecular flexibility index (Phi) is 1.65. The molecule has 0 radical (unpaired) electrons. The first-order valence-electron chi connectivity index (χ1n) is 3.01. The Bertz CT molecular complexity index is 57.9. The molecule has 0 bridgehead atoms. The topological polar surface area (TPSA) is 26.0 Å². The number of quaternary nitrogens is 1. The molecule has 0 atom stereocenters. The first-order chi connectivity index (χ1) is 3.56. The first kappa shape index (κ1) is 5.06. The fraction of sp³-hybridized carbons (Fsp3) is 1.00. The molecule has 0 fully saturated rings. The number of nitrogens with zero attached hydrogens (tertiary/aromatic N) is 1. The van der Waals surface area contributed by atoms with E-state index >= 15 is 0 Å². The molecular weight excluding hydrogens is 88.1 g/mol. The van der Waals surface area contributed by atoms with Crippen LogP contribution in [0.5, 0.6) is 0 Å². The lowest BCUT2D eigenvalue weighted by Crippen LogP contribution is -2.38. The quantitative estimate of drug-likeness (QED) is 0.487. The Morgan fingerprint density at radius 2 is 2.14 bits per heavy atom. The lowest BCUT2D eigenvalue weighted by atomic mass is 10.5. The zero-order chi connectivity index (χ0) is 6.62. The highest BCUT2D eigenvalue weighted by molar-refractivity contribution is 4.26. The summed E-state index contributed by atoms with van der Waals surface area (Å²) in [7, 11) is 6.33. The summed E-state index contributed by atoms with van der Waals surface area (Å²) in [5.41, 5.74) is 2.36. The van der Waals surface area contributed by atoms with E-state index in [1.54, 1.807) is 0 Å². The van der Waals surface area contributed by atoms with Crippen LogP contribution in [0.1, 0.15) is 0 Å². The average Bonchev–Trinajstić information content (AvgIpc) is 1.59. The summed E-state index contributed by atoms with van der Waals surface area (Å²) in [5.74, 6) is 0. The number of likely N-dealkylation sites (N-methyl/N-ethyl adjacent to an activating group) is 1. The van der Waals surface area contributed by atoms with E-state index in [9.17, 15) is 0 Å². The van der Waals surface area contributed by atoms with E-state index < -0.39 is 0 Å². The van der Waals surface area contributed by atoms with Gasteiger partial charge in [-0.05, 0) is 0 Å². The zero-order valence-electron chi connectivity index (χ0n) is 6.36. The molecule has 0 unspecified atom stereocenters. The van der Waals surface area contributed by atoms with Gasteiger partial charge in [-0.15, -0.1) is 0 Å². The van der Waals surface area contributed by atoms with E-state index in [-0.39, 0.29) is 0 Å². The molecule has 0 aromatic carbocycles. The van der Waals surface area contributed by atoms with Crippen LogP contribution >= 0.6 is 0 Å². The molecule has 44 valence electrons. The Labute approximate surface area is 47.0 Å². The van der Waals surface area contributed by atoms with Crippen molar-refractivity contribution in [1.29, 1.82) is 0 Å². The Hall–Kier alpha value is -0.0800. The Morgan fingerprint density at radius 1 is 1.57 bits per heavy atom. The minimum absolute atomic E-state index is 0.767. The van der Waals surface area contributed by atoms with Gasteiger partial charge in [0.25, 0.3) is 0 Å². The summed E-state index contributed by atoms with van der Waals surface area (Å²) in [6.07, 6.45) is 0. The maximum atomic E-state index is 6.62. The Balaban J connectivity index is 3.11. The molecule has 0 aliphatic carbocycles. The second-order valence-corrected chi connectivity index (χ2v) is 2.76. The molecular formula is C5H15N2+. The molecule has 0 amide bonds. The van der Waals surface area contributed by atoms with Crippen molar-refractivity contribution in [2.45, 2.75) is 0 Å². The second kappa shape index (κ2) is 2.28. The summed E-state index contributed by atoms with van der Waals surface area (Å²) in [6, 6.07) is 0. The van der Waals surface area contributed by atoms with Gasteiger partial charge in [0.05, 0.1) is 27.7 Å². The van der Waals surface area contributed by atoms with Gasteiger partial charge < -0.3 is 10.2 Å². The van der Waals surface area contributed by atoms with Crippen LogP contribution in [0.2, 0.25) is 1.41 Å². The van der Waals surface area contributed by atoms with Gasteiger partial charge in [0.15, 0.2) is 0 Å². The van der Waals surface area contributed by atoms with E-state index in [1.807, 2.05) is 0 Å². The standard InChI is InChI=1S/C5H15N2/c1-7(2,3)5-4-6/h4-6H2,1-3H3/q+1/i/hD. The van der Waals surface area contributed by atoms with Gasteiger partial charge >= 0.3 is 0 Å². The van der Waals surface area contributed by atoms with Crippen molar-refractivity contribution < 1.29 is 5.89 Å². The van der Waals surface area contributed by atoms with Crippen molar-refractivity contribution in [2.75, 3.05) is 34.2 Å². The first-order valence-corrected chi connectivity index (χ1v) is 2.51. The van der Waals surface area contributed by atoms with Gasteiger partial charge in [0.1, 0.15) is 1.41 Å². The third-order valence-electron chi connectivity index (χ3n) is 0.783. The summed E-state index contributed by atoms with van der Waals surface area (Å²) >= 11 is 0. The molecule has 0 aromatic rings. The largest absolute Gasteiger partial charge is 0.330 e. The van der Waals surface area contributed by atoms with Crippen LogP contribution in [0, 0.1) is 0 Å². The predicted molar refractivity (Wildman–Crippen MR) is 32.0 cm³/mol.